The molecule has 0 amide bonds. The van der Waals surface area contributed by atoms with Crippen LogP contribution in [0.15, 0.2) is 30.5 Å². The fourth-order valence-corrected chi connectivity index (χ4v) is 1.90. The van der Waals surface area contributed by atoms with Gasteiger partial charge in [-0.15, -0.1) is 0 Å². The van der Waals surface area contributed by atoms with E-state index >= 15 is 0 Å². The van der Waals surface area contributed by atoms with E-state index in [4.69, 9.17) is 0 Å². The summed E-state index contributed by atoms with van der Waals surface area (Å²) in [6.45, 7) is 2.20. The number of aromatic carboxylic acids is 1. The number of nitrogens with zero attached hydrogens (tertiary/aromatic N) is 1. The molecule has 1 aromatic heterocycles. The van der Waals surface area contributed by atoms with Gasteiger partial charge in [0.15, 0.2) is 0 Å². The number of para-hydroxylation sites is 1. The normalized spacial score (nSPS) is 12.3. The first-order valence-electron chi connectivity index (χ1n) is 6.12. The average Bonchev–Trinajstić information content (AvgIpc) is 2.38. The number of carbonyl (C=O) groups is 1. The van der Waals surface area contributed by atoms with Crippen molar-refractivity contribution >= 4 is 22.6 Å². The van der Waals surface area contributed by atoms with Gasteiger partial charge in [0.05, 0.1) is 17.3 Å². The molecule has 0 radical (unpaired) electrons. The van der Waals surface area contributed by atoms with Crippen molar-refractivity contribution in [3.8, 4) is 0 Å². The third-order valence-electron chi connectivity index (χ3n) is 2.87. The van der Waals surface area contributed by atoms with Gasteiger partial charge in [0.25, 0.3) is 0 Å². The van der Waals surface area contributed by atoms with E-state index in [1.807, 2.05) is 24.3 Å². The lowest BCUT2D eigenvalue weighted by Crippen LogP contribution is -2.13. The van der Waals surface area contributed by atoms with Crippen molar-refractivity contribution in [1.82, 2.24) is 4.98 Å². The Morgan fingerprint density at radius 3 is 2.84 bits per heavy atom. The van der Waals surface area contributed by atoms with Crippen LogP contribution in [0.1, 0.15) is 23.7 Å². The highest BCUT2D eigenvalue weighted by Gasteiger charge is 2.14. The summed E-state index contributed by atoms with van der Waals surface area (Å²) in [5, 5.41) is 22.3. The predicted octanol–water partition coefficient (Wildman–Crippen LogP) is 2.12. The molecule has 1 heterocycles. The van der Waals surface area contributed by atoms with Crippen molar-refractivity contribution in [3.63, 3.8) is 0 Å². The number of benzene rings is 1. The standard InChI is InChI=1S/C14H16N2O3/c1-9(17)6-7-15-13-10-4-2-3-5-12(10)16-8-11(13)14(18)19/h2-5,8-9,17H,6-7H2,1H3,(H,15,16)(H,18,19). The number of aliphatic hydroxyl groups is 1. The summed E-state index contributed by atoms with van der Waals surface area (Å²) in [6, 6.07) is 7.37. The minimum Gasteiger partial charge on any atom is -0.478 e. The fraction of sp³-hybridized carbons (Fsp3) is 0.286. The van der Waals surface area contributed by atoms with Crippen molar-refractivity contribution in [2.45, 2.75) is 19.4 Å². The van der Waals surface area contributed by atoms with Crippen molar-refractivity contribution in [3.05, 3.63) is 36.0 Å². The Balaban J connectivity index is 2.41. The van der Waals surface area contributed by atoms with Crippen LogP contribution in [0.3, 0.4) is 0 Å². The van der Waals surface area contributed by atoms with Crippen LogP contribution in [0.25, 0.3) is 10.9 Å². The molecule has 1 aromatic carbocycles. The summed E-state index contributed by atoms with van der Waals surface area (Å²) < 4.78 is 0. The van der Waals surface area contributed by atoms with Crippen LogP contribution in [-0.4, -0.2) is 33.8 Å². The number of hydrogen-bond acceptors (Lipinski definition) is 4. The monoisotopic (exact) mass is 260 g/mol. The van der Waals surface area contributed by atoms with Crippen LogP contribution in [0.2, 0.25) is 0 Å². The van der Waals surface area contributed by atoms with E-state index in [0.29, 0.717) is 18.7 Å². The van der Waals surface area contributed by atoms with Gasteiger partial charge >= 0.3 is 5.97 Å². The van der Waals surface area contributed by atoms with Gasteiger partial charge in [-0.1, -0.05) is 18.2 Å². The summed E-state index contributed by atoms with van der Waals surface area (Å²) in [7, 11) is 0. The molecule has 0 spiro atoms. The van der Waals surface area contributed by atoms with E-state index in [2.05, 4.69) is 10.3 Å². The van der Waals surface area contributed by atoms with Gasteiger partial charge in [0.1, 0.15) is 5.56 Å². The summed E-state index contributed by atoms with van der Waals surface area (Å²) in [5.74, 6) is -1.02. The molecule has 0 aliphatic rings. The van der Waals surface area contributed by atoms with E-state index in [1.165, 1.54) is 6.20 Å². The lowest BCUT2D eigenvalue weighted by Gasteiger charge is -2.13. The van der Waals surface area contributed by atoms with Crippen molar-refractivity contribution in [2.75, 3.05) is 11.9 Å². The smallest absolute Gasteiger partial charge is 0.339 e. The van der Waals surface area contributed by atoms with Gasteiger partial charge in [-0.25, -0.2) is 4.79 Å². The average molecular weight is 260 g/mol. The van der Waals surface area contributed by atoms with Crippen LogP contribution in [0, 0.1) is 0 Å². The molecule has 2 rings (SSSR count). The Morgan fingerprint density at radius 1 is 1.42 bits per heavy atom. The zero-order valence-electron chi connectivity index (χ0n) is 10.6. The molecule has 3 N–H and O–H groups in total. The lowest BCUT2D eigenvalue weighted by atomic mass is 10.1. The summed E-state index contributed by atoms with van der Waals surface area (Å²) >= 11 is 0. The van der Waals surface area contributed by atoms with Crippen LogP contribution < -0.4 is 5.32 Å². The van der Waals surface area contributed by atoms with Crippen molar-refractivity contribution in [2.24, 2.45) is 0 Å². The zero-order chi connectivity index (χ0) is 13.8. The molecule has 19 heavy (non-hydrogen) atoms. The molecular weight excluding hydrogens is 244 g/mol. The Hall–Kier alpha value is -2.14. The van der Waals surface area contributed by atoms with Crippen LogP contribution in [-0.2, 0) is 0 Å². The molecule has 5 heteroatoms. The number of hydrogen-bond donors (Lipinski definition) is 3. The van der Waals surface area contributed by atoms with E-state index in [9.17, 15) is 15.0 Å². The van der Waals surface area contributed by atoms with Gasteiger partial charge in [0, 0.05) is 18.1 Å². The number of carboxylic acid groups (broad SMARTS) is 1. The number of rotatable bonds is 5. The highest BCUT2D eigenvalue weighted by atomic mass is 16.4. The number of aromatic nitrogens is 1. The SMILES string of the molecule is CC(O)CCNc1c(C(=O)O)cnc2ccccc12. The Morgan fingerprint density at radius 2 is 2.16 bits per heavy atom. The van der Waals surface area contributed by atoms with Crippen LogP contribution in [0.5, 0.6) is 0 Å². The summed E-state index contributed by atoms with van der Waals surface area (Å²) in [5.41, 5.74) is 1.44. The quantitative estimate of drug-likeness (QED) is 0.767. The first kappa shape index (κ1) is 13.3. The van der Waals surface area contributed by atoms with E-state index in [-0.39, 0.29) is 5.56 Å². The number of aliphatic hydroxyl groups excluding tert-OH is 1. The predicted molar refractivity (Wildman–Crippen MR) is 73.5 cm³/mol. The van der Waals surface area contributed by atoms with Gasteiger partial charge in [-0.2, -0.15) is 0 Å². The largest absolute Gasteiger partial charge is 0.478 e. The third kappa shape index (κ3) is 3.00. The van der Waals surface area contributed by atoms with Crippen molar-refractivity contribution < 1.29 is 15.0 Å². The molecule has 0 bridgehead atoms. The first-order chi connectivity index (χ1) is 9.09. The van der Waals surface area contributed by atoms with Crippen molar-refractivity contribution in [1.29, 1.82) is 0 Å². The number of anilines is 1. The minimum absolute atomic E-state index is 0.143. The second-order valence-corrected chi connectivity index (χ2v) is 4.43. The summed E-state index contributed by atoms with van der Waals surface area (Å²) in [6.07, 6.45) is 1.49. The number of pyridine rings is 1. The van der Waals surface area contributed by atoms with Gasteiger partial charge in [-0.3, -0.25) is 4.98 Å². The molecule has 1 atom stereocenters. The fourth-order valence-electron chi connectivity index (χ4n) is 1.90. The Bertz CT molecular complexity index is 596. The number of fused-ring (bicyclic) bond motifs is 1. The first-order valence-corrected chi connectivity index (χ1v) is 6.12. The molecule has 0 saturated heterocycles. The molecule has 0 fully saturated rings. The molecule has 100 valence electrons. The highest BCUT2D eigenvalue weighted by Crippen LogP contribution is 2.25. The molecule has 0 aliphatic carbocycles. The second kappa shape index (κ2) is 5.67. The van der Waals surface area contributed by atoms with Gasteiger partial charge < -0.3 is 15.5 Å². The Labute approximate surface area is 110 Å². The van der Waals surface area contributed by atoms with E-state index in [1.54, 1.807) is 6.92 Å². The molecule has 2 aromatic rings. The van der Waals surface area contributed by atoms with Gasteiger partial charge in [0.2, 0.25) is 0 Å². The lowest BCUT2D eigenvalue weighted by molar-refractivity contribution is 0.0697. The molecule has 0 aliphatic heterocycles. The highest BCUT2D eigenvalue weighted by molar-refractivity contribution is 6.04. The number of nitrogens with one attached hydrogen (secondary N) is 1. The Kier molecular flexibility index (Phi) is 3.97. The maximum absolute atomic E-state index is 11.2. The van der Waals surface area contributed by atoms with Crippen LogP contribution >= 0.6 is 0 Å². The summed E-state index contributed by atoms with van der Waals surface area (Å²) in [4.78, 5) is 15.4. The third-order valence-corrected chi connectivity index (χ3v) is 2.87. The zero-order valence-corrected chi connectivity index (χ0v) is 10.6. The van der Waals surface area contributed by atoms with Gasteiger partial charge in [-0.05, 0) is 19.4 Å². The molecule has 5 nitrogen and oxygen atoms in total. The number of carboxylic acids is 1. The van der Waals surface area contributed by atoms with E-state index in [0.717, 1.165) is 10.9 Å². The maximum atomic E-state index is 11.2. The topological polar surface area (TPSA) is 82.5 Å². The van der Waals surface area contributed by atoms with Crippen LogP contribution in [0.4, 0.5) is 5.69 Å². The molecule has 0 saturated carbocycles. The molecule has 1 unspecified atom stereocenters. The van der Waals surface area contributed by atoms with E-state index < -0.39 is 12.1 Å². The molecular formula is C14H16N2O3. The minimum atomic E-state index is -1.02. The maximum Gasteiger partial charge on any atom is 0.339 e. The second-order valence-electron chi connectivity index (χ2n) is 4.43.